The van der Waals surface area contributed by atoms with Gasteiger partial charge in [-0.15, -0.1) is 0 Å². The van der Waals surface area contributed by atoms with E-state index in [1.807, 2.05) is 0 Å². The highest BCUT2D eigenvalue weighted by Crippen LogP contribution is 2.55. The third-order valence-electron chi connectivity index (χ3n) is 10.7. The summed E-state index contributed by atoms with van der Waals surface area (Å²) in [7, 11) is 1.25. The Morgan fingerprint density at radius 2 is 1.58 bits per heavy atom. The molecule has 5 rings (SSSR count). The molecule has 0 spiro atoms. The van der Waals surface area contributed by atoms with Gasteiger partial charge in [0.25, 0.3) is 0 Å². The maximum Gasteiger partial charge on any atom is 0.460 e. The van der Waals surface area contributed by atoms with Crippen LogP contribution in [0, 0.1) is 23.7 Å². The van der Waals surface area contributed by atoms with Gasteiger partial charge in [0.05, 0.1) is 60.7 Å². The van der Waals surface area contributed by atoms with Crippen molar-refractivity contribution in [1.82, 2.24) is 0 Å². The second kappa shape index (κ2) is 13.8. The lowest BCUT2D eigenvalue weighted by Gasteiger charge is -2.56. The number of fused-ring (bicyclic) bond motifs is 3. The third kappa shape index (κ3) is 6.64. The van der Waals surface area contributed by atoms with E-state index in [1.165, 1.54) is 32.2 Å². The fourth-order valence-electron chi connectivity index (χ4n) is 7.80. The molecule has 4 aliphatic rings. The predicted molar refractivity (Wildman–Crippen MR) is 162 cm³/mol. The summed E-state index contributed by atoms with van der Waals surface area (Å²) in [5, 5.41) is 51.5. The van der Waals surface area contributed by atoms with Gasteiger partial charge in [0.15, 0.2) is 17.9 Å². The lowest BCUT2D eigenvalue weighted by Crippen LogP contribution is -2.66. The number of ether oxygens (including phenoxy) is 3. The number of Topliss-reactive ketones (excluding diaryl/α,β-unsaturated/α-hetero) is 2. The van der Waals surface area contributed by atoms with Crippen LogP contribution in [0.5, 0.6) is 5.75 Å². The van der Waals surface area contributed by atoms with E-state index in [-0.39, 0.29) is 23.3 Å². The summed E-state index contributed by atoms with van der Waals surface area (Å²) >= 11 is 0. The van der Waals surface area contributed by atoms with E-state index in [2.05, 4.69) is 10.2 Å². The first-order valence-corrected chi connectivity index (χ1v) is 16.2. The quantitative estimate of drug-likeness (QED) is 0.149. The van der Waals surface area contributed by atoms with E-state index in [4.69, 9.17) is 19.9 Å². The Labute approximate surface area is 294 Å². The number of methoxy groups -OCH3 is 1. The zero-order valence-corrected chi connectivity index (χ0v) is 28.0. The standard InChI is InChI=1S/C32H36F9N3O9/c1-11-23(45)15(42)7-18(52-11)53-17-9-28(50,12(2)44-43-10-29(33,34)30(35,36)31(37,38)32(39,40)41)8-14-20(17)27(49)22-21(25(14)47)24(46)13-5-4-6-16(51-3)19(13)26(22)48/h4-6,10-11,14-15,17-18,20-23,25,27,45,47,49-50H,7-9,42H2,1-3H3/b43-10-,44-12-/t11-,14-,15-,17+,18+,20-,21-,22+,23+,25+,27+,28-/m0/s1. The number of hydrogen-bond acceptors (Lipinski definition) is 12. The minimum Gasteiger partial charge on any atom is -0.496 e. The molecule has 296 valence electrons. The molecule has 1 heterocycles. The number of rotatable bonds is 8. The van der Waals surface area contributed by atoms with E-state index >= 15 is 0 Å². The number of ketones is 2. The number of aliphatic hydroxyl groups excluding tert-OH is 3. The Bertz CT molecular complexity index is 1650. The van der Waals surface area contributed by atoms with Gasteiger partial charge in [-0.2, -0.15) is 49.7 Å². The summed E-state index contributed by atoms with van der Waals surface area (Å²) in [6.07, 6.45) is -18.2. The molecule has 12 nitrogen and oxygen atoms in total. The van der Waals surface area contributed by atoms with Crippen molar-refractivity contribution in [3.63, 3.8) is 0 Å². The highest BCUT2D eigenvalue weighted by Gasteiger charge is 2.81. The zero-order valence-electron chi connectivity index (χ0n) is 28.0. The van der Waals surface area contributed by atoms with Crippen molar-refractivity contribution >= 4 is 23.5 Å². The normalized spacial score (nSPS) is 37.3. The highest BCUT2D eigenvalue weighted by molar-refractivity contribution is 6.18. The van der Waals surface area contributed by atoms with E-state index in [0.717, 1.165) is 6.92 Å². The van der Waals surface area contributed by atoms with Crippen LogP contribution < -0.4 is 10.5 Å². The van der Waals surface area contributed by atoms with Crippen LogP contribution in [-0.4, -0.2) is 123 Å². The summed E-state index contributed by atoms with van der Waals surface area (Å²) in [6, 6.07) is 3.23. The third-order valence-corrected chi connectivity index (χ3v) is 10.7. The molecule has 0 radical (unpaired) electrons. The molecule has 3 aliphatic carbocycles. The van der Waals surface area contributed by atoms with Crippen LogP contribution in [0.2, 0.25) is 0 Å². The second-order valence-electron chi connectivity index (χ2n) is 13.9. The van der Waals surface area contributed by atoms with Crippen LogP contribution >= 0.6 is 0 Å². The second-order valence-corrected chi connectivity index (χ2v) is 13.9. The van der Waals surface area contributed by atoms with Gasteiger partial charge < -0.3 is 40.4 Å². The van der Waals surface area contributed by atoms with E-state index in [9.17, 15) is 69.5 Å². The van der Waals surface area contributed by atoms with Crippen molar-refractivity contribution < 1.29 is 83.7 Å². The number of alkyl halides is 9. The Morgan fingerprint density at radius 3 is 2.17 bits per heavy atom. The number of aliphatic hydroxyl groups is 4. The van der Waals surface area contributed by atoms with Gasteiger partial charge in [-0.25, -0.2) is 0 Å². The maximum absolute atomic E-state index is 14.1. The van der Waals surface area contributed by atoms with Crippen LogP contribution in [0.3, 0.4) is 0 Å². The van der Waals surface area contributed by atoms with Crippen molar-refractivity contribution in [2.75, 3.05) is 7.11 Å². The van der Waals surface area contributed by atoms with Gasteiger partial charge in [-0.05, 0) is 32.3 Å². The van der Waals surface area contributed by atoms with Gasteiger partial charge in [0.1, 0.15) is 17.6 Å². The molecular weight excluding hydrogens is 741 g/mol. The number of halogens is 9. The molecule has 2 saturated carbocycles. The molecule has 1 saturated heterocycles. The molecule has 0 aromatic heterocycles. The molecule has 1 aromatic carbocycles. The molecule has 6 N–H and O–H groups in total. The number of carbonyl (C=O) groups excluding carboxylic acids is 2. The van der Waals surface area contributed by atoms with Gasteiger partial charge >= 0.3 is 23.9 Å². The SMILES string of the molecule is COc1cccc2c1C(=O)[C@@H]1[C@H](O)[C@H]3[C@H](C[C@@](O)(/C(C)=N\N=C/C(F)(F)C(F)(F)C(F)(F)C(F)(F)F)C[C@H]3O[C@@H]3C[C@H](N)[C@H](O)[C@H](C)O3)[C@@H](O)[C@@H]1C2=O. The summed E-state index contributed by atoms with van der Waals surface area (Å²) in [5.41, 5.74) is 2.59. The number of nitrogens with two attached hydrogens (primary N) is 1. The molecule has 53 heavy (non-hydrogen) atoms. The van der Waals surface area contributed by atoms with Crippen molar-refractivity contribution in [3.05, 3.63) is 29.3 Å². The number of benzene rings is 1. The average molecular weight is 778 g/mol. The summed E-state index contributed by atoms with van der Waals surface area (Å²) in [4.78, 5) is 27.7. The molecule has 1 aromatic rings. The van der Waals surface area contributed by atoms with Gasteiger partial charge in [-0.1, -0.05) is 12.1 Å². The van der Waals surface area contributed by atoms with Crippen molar-refractivity contribution in [3.8, 4) is 5.75 Å². The molecule has 12 atom stereocenters. The van der Waals surface area contributed by atoms with Crippen LogP contribution in [0.15, 0.2) is 28.4 Å². The first kappa shape index (κ1) is 41.0. The first-order chi connectivity index (χ1) is 24.3. The minimum atomic E-state index is -7.19. The van der Waals surface area contributed by atoms with E-state index in [0.29, 0.717) is 0 Å². The lowest BCUT2D eigenvalue weighted by atomic mass is 9.52. The van der Waals surface area contributed by atoms with Crippen molar-refractivity contribution in [2.45, 2.75) is 106 Å². The molecular formula is C32H36F9N3O9. The van der Waals surface area contributed by atoms with E-state index < -0.39 is 132 Å². The Kier molecular flexibility index (Phi) is 10.7. The molecule has 1 aliphatic heterocycles. The fourth-order valence-corrected chi connectivity index (χ4v) is 7.80. The highest BCUT2D eigenvalue weighted by atomic mass is 19.4. The van der Waals surface area contributed by atoms with E-state index in [1.54, 1.807) is 0 Å². The van der Waals surface area contributed by atoms with Gasteiger partial charge in [0.2, 0.25) is 0 Å². The van der Waals surface area contributed by atoms with Crippen LogP contribution in [-0.2, 0) is 9.47 Å². The van der Waals surface area contributed by atoms with Crippen LogP contribution in [0.25, 0.3) is 0 Å². The molecule has 0 unspecified atom stereocenters. The van der Waals surface area contributed by atoms with Crippen molar-refractivity contribution in [2.24, 2.45) is 39.6 Å². The Balaban J connectivity index is 1.53. The maximum atomic E-state index is 14.1. The Hall–Kier alpha value is -3.21. The molecule has 21 heteroatoms. The Morgan fingerprint density at radius 1 is 0.962 bits per heavy atom. The number of nitrogens with zero attached hydrogens (tertiary/aromatic N) is 2. The first-order valence-electron chi connectivity index (χ1n) is 16.2. The summed E-state index contributed by atoms with van der Waals surface area (Å²) < 4.78 is 137. The monoisotopic (exact) mass is 777 g/mol. The number of carbonyl (C=O) groups is 2. The van der Waals surface area contributed by atoms with Crippen LogP contribution in [0.1, 0.15) is 53.8 Å². The summed E-state index contributed by atoms with van der Waals surface area (Å²) in [6.45, 7) is 2.37. The van der Waals surface area contributed by atoms with Gasteiger partial charge in [-0.3, -0.25) is 9.59 Å². The minimum absolute atomic E-state index is 0.0175. The predicted octanol–water partition coefficient (Wildman–Crippen LogP) is 2.92. The van der Waals surface area contributed by atoms with Crippen molar-refractivity contribution in [1.29, 1.82) is 0 Å². The molecule has 0 bridgehead atoms. The molecule has 0 amide bonds. The lowest BCUT2D eigenvalue weighted by molar-refractivity contribution is -0.384. The smallest absolute Gasteiger partial charge is 0.460 e. The average Bonchev–Trinajstić information content (AvgIpc) is 3.06. The van der Waals surface area contributed by atoms with Gasteiger partial charge in [0, 0.05) is 30.4 Å². The topological polar surface area (TPSA) is 193 Å². The summed E-state index contributed by atoms with van der Waals surface area (Å²) in [5.74, 6) is -27.7. The molecule has 3 fully saturated rings. The zero-order chi connectivity index (χ0) is 39.8. The largest absolute Gasteiger partial charge is 0.496 e. The number of hydrogen-bond donors (Lipinski definition) is 5. The fraction of sp³-hybridized carbons (Fsp3) is 0.688. The van der Waals surface area contributed by atoms with Crippen LogP contribution in [0.4, 0.5) is 39.5 Å².